The van der Waals surface area contributed by atoms with Crippen LogP contribution in [-0.2, 0) is 12.3 Å². The summed E-state index contributed by atoms with van der Waals surface area (Å²) in [5.74, 6) is 0. The summed E-state index contributed by atoms with van der Waals surface area (Å²) in [5.41, 5.74) is 0. The van der Waals surface area contributed by atoms with Crippen molar-refractivity contribution in [2.45, 2.75) is 77.8 Å². The minimum atomic E-state index is -2.25. The summed E-state index contributed by atoms with van der Waals surface area (Å²) in [7, 11) is -7.70. The van der Waals surface area contributed by atoms with Crippen LogP contribution in [0.15, 0.2) is 0 Å². The summed E-state index contributed by atoms with van der Waals surface area (Å²) < 4.78 is 19.3. The highest BCUT2D eigenvalue weighted by Crippen LogP contribution is 2.28. The van der Waals surface area contributed by atoms with E-state index in [9.17, 15) is 0 Å². The van der Waals surface area contributed by atoms with E-state index in [-0.39, 0.29) is 6.61 Å². The Balaban J connectivity index is 4.95. The molecule has 0 aliphatic rings. The molecule has 0 amide bonds. The SMILES string of the molecule is C[Si](C)(C)O[Si](C)(C)O[Si](C)(CCCCO)O[Si](C)(C)C. The molecule has 1 unspecified atom stereocenters. The van der Waals surface area contributed by atoms with E-state index in [2.05, 4.69) is 58.9 Å². The van der Waals surface area contributed by atoms with Gasteiger partial charge in [-0.1, -0.05) is 0 Å². The minimum absolute atomic E-state index is 0.240. The fourth-order valence-electron chi connectivity index (χ4n) is 2.61. The van der Waals surface area contributed by atoms with Crippen molar-refractivity contribution in [1.82, 2.24) is 0 Å². The molecule has 4 nitrogen and oxygen atoms in total. The van der Waals surface area contributed by atoms with E-state index in [4.69, 9.17) is 17.5 Å². The quantitative estimate of drug-likeness (QED) is 0.462. The second-order valence-electron chi connectivity index (χ2n) is 8.25. The van der Waals surface area contributed by atoms with Crippen molar-refractivity contribution in [2.24, 2.45) is 0 Å². The van der Waals surface area contributed by atoms with Crippen molar-refractivity contribution in [3.05, 3.63) is 0 Å². The van der Waals surface area contributed by atoms with Gasteiger partial charge in [0.05, 0.1) is 0 Å². The van der Waals surface area contributed by atoms with Crippen molar-refractivity contribution in [1.29, 1.82) is 0 Å². The summed E-state index contributed by atoms with van der Waals surface area (Å²) in [6.45, 7) is 19.9. The first-order chi connectivity index (χ1) is 9.18. The van der Waals surface area contributed by atoms with Crippen LogP contribution in [0.5, 0.6) is 0 Å². The van der Waals surface area contributed by atoms with Gasteiger partial charge in [0.1, 0.15) is 0 Å². The van der Waals surface area contributed by atoms with Crippen molar-refractivity contribution in [3.8, 4) is 0 Å². The summed E-state index contributed by atoms with van der Waals surface area (Å²) >= 11 is 0. The van der Waals surface area contributed by atoms with Crippen LogP contribution >= 0.6 is 0 Å². The Bertz CT molecular complexity index is 312. The number of aliphatic hydroxyl groups is 1. The van der Waals surface area contributed by atoms with Crippen LogP contribution in [0.2, 0.25) is 65.0 Å². The molecule has 0 saturated heterocycles. The smallest absolute Gasteiger partial charge is 0.315 e. The van der Waals surface area contributed by atoms with E-state index >= 15 is 0 Å². The van der Waals surface area contributed by atoms with Crippen LogP contribution in [0.1, 0.15) is 12.8 Å². The summed E-state index contributed by atoms with van der Waals surface area (Å²) in [6.07, 6.45) is 1.78. The third-order valence-electron chi connectivity index (χ3n) is 2.57. The van der Waals surface area contributed by atoms with Crippen LogP contribution < -0.4 is 0 Å². The van der Waals surface area contributed by atoms with E-state index in [0.717, 1.165) is 18.9 Å². The summed E-state index contributed by atoms with van der Waals surface area (Å²) in [6, 6.07) is 0.934. The summed E-state index contributed by atoms with van der Waals surface area (Å²) in [5, 5.41) is 9.01. The average Bonchev–Trinajstić information content (AvgIpc) is 2.08. The molecule has 0 aliphatic carbocycles. The van der Waals surface area contributed by atoms with E-state index in [1.807, 2.05) is 0 Å². The van der Waals surface area contributed by atoms with Gasteiger partial charge in [0.25, 0.3) is 0 Å². The highest BCUT2D eigenvalue weighted by atomic mass is 28.5. The molecule has 0 aliphatic heterocycles. The Kier molecular flexibility index (Phi) is 8.27. The lowest BCUT2D eigenvalue weighted by atomic mass is 10.4. The van der Waals surface area contributed by atoms with Crippen LogP contribution in [0.4, 0.5) is 0 Å². The van der Waals surface area contributed by atoms with Gasteiger partial charge in [0.2, 0.25) is 0 Å². The molecule has 0 aromatic heterocycles. The molecule has 0 aromatic rings. The van der Waals surface area contributed by atoms with Crippen LogP contribution in [0.3, 0.4) is 0 Å². The monoisotopic (exact) mass is 368 g/mol. The van der Waals surface area contributed by atoms with Crippen LogP contribution in [-0.4, -0.2) is 45.5 Å². The molecule has 0 aromatic carbocycles. The van der Waals surface area contributed by atoms with Gasteiger partial charge in [-0.2, -0.15) is 0 Å². The Morgan fingerprint density at radius 3 is 1.52 bits per heavy atom. The standard InChI is InChI=1S/C13H36O4Si4/c1-18(2,3)15-20(7,8)17-21(9,13-11-10-12-14)16-19(4,5)6/h14H,10-13H2,1-9H3. The number of hydrogen-bond acceptors (Lipinski definition) is 4. The van der Waals surface area contributed by atoms with E-state index in [1.165, 1.54) is 0 Å². The molecule has 0 spiro atoms. The Morgan fingerprint density at radius 1 is 0.667 bits per heavy atom. The predicted molar refractivity (Wildman–Crippen MR) is 100 cm³/mol. The zero-order valence-electron chi connectivity index (χ0n) is 15.5. The van der Waals surface area contributed by atoms with E-state index in [1.54, 1.807) is 0 Å². The largest absolute Gasteiger partial charge is 0.437 e. The van der Waals surface area contributed by atoms with Gasteiger partial charge >= 0.3 is 17.1 Å². The second-order valence-corrected chi connectivity index (χ2v) is 24.7. The van der Waals surface area contributed by atoms with Crippen LogP contribution in [0, 0.1) is 0 Å². The molecular weight excluding hydrogens is 332 g/mol. The highest BCUT2D eigenvalue weighted by molar-refractivity contribution is 6.89. The minimum Gasteiger partial charge on any atom is -0.437 e. The van der Waals surface area contributed by atoms with Gasteiger partial charge in [-0.3, -0.25) is 0 Å². The molecule has 21 heavy (non-hydrogen) atoms. The summed E-state index contributed by atoms with van der Waals surface area (Å²) in [4.78, 5) is 0. The fraction of sp³-hybridized carbons (Fsp3) is 1.00. The topological polar surface area (TPSA) is 47.9 Å². The lowest BCUT2D eigenvalue weighted by Crippen LogP contribution is -2.56. The fourth-order valence-corrected chi connectivity index (χ4v) is 20.6. The van der Waals surface area contributed by atoms with E-state index in [0.29, 0.717) is 0 Å². The Labute approximate surface area is 136 Å². The van der Waals surface area contributed by atoms with Crippen molar-refractivity contribution in [2.75, 3.05) is 6.61 Å². The number of unbranched alkanes of at least 4 members (excludes halogenated alkanes) is 1. The highest BCUT2D eigenvalue weighted by Gasteiger charge is 2.43. The van der Waals surface area contributed by atoms with Gasteiger partial charge in [-0.25, -0.2) is 0 Å². The maximum Gasteiger partial charge on any atom is 0.315 e. The molecule has 128 valence electrons. The van der Waals surface area contributed by atoms with Crippen LogP contribution in [0.25, 0.3) is 0 Å². The van der Waals surface area contributed by atoms with Gasteiger partial charge in [0.15, 0.2) is 16.6 Å². The third kappa shape index (κ3) is 11.9. The molecular formula is C13H36O4Si4. The molecule has 0 bridgehead atoms. The number of aliphatic hydroxyl groups excluding tert-OH is 1. The maximum atomic E-state index is 9.01. The number of rotatable bonds is 10. The Hall–Kier alpha value is 0.708. The molecule has 0 heterocycles. The van der Waals surface area contributed by atoms with Crippen molar-refractivity contribution in [3.63, 3.8) is 0 Å². The second kappa shape index (κ2) is 8.00. The first-order valence-corrected chi connectivity index (χ1v) is 20.1. The normalized spacial score (nSPS) is 16.9. The molecule has 8 heteroatoms. The lowest BCUT2D eigenvalue weighted by molar-refractivity contribution is 0.282. The molecule has 0 saturated carbocycles. The first kappa shape index (κ1) is 21.7. The Morgan fingerprint density at radius 2 is 1.14 bits per heavy atom. The third-order valence-corrected chi connectivity index (χ3v) is 16.1. The van der Waals surface area contributed by atoms with Gasteiger partial charge < -0.3 is 17.5 Å². The average molecular weight is 369 g/mol. The zero-order chi connectivity index (χ0) is 16.9. The van der Waals surface area contributed by atoms with E-state index < -0.39 is 33.8 Å². The van der Waals surface area contributed by atoms with Crippen molar-refractivity contribution < 1.29 is 17.5 Å². The molecule has 1 N–H and O–H groups in total. The molecule has 0 rings (SSSR count). The van der Waals surface area contributed by atoms with Gasteiger partial charge in [-0.15, -0.1) is 0 Å². The molecule has 0 radical (unpaired) electrons. The maximum absolute atomic E-state index is 9.01. The molecule has 1 atom stereocenters. The number of hydrogen-bond donors (Lipinski definition) is 1. The van der Waals surface area contributed by atoms with Gasteiger partial charge in [-0.05, 0) is 77.8 Å². The van der Waals surface area contributed by atoms with Gasteiger partial charge in [0, 0.05) is 6.61 Å². The first-order valence-electron chi connectivity index (χ1n) is 7.89. The lowest BCUT2D eigenvalue weighted by Gasteiger charge is -2.41. The van der Waals surface area contributed by atoms with Crippen molar-refractivity contribution >= 4 is 33.8 Å². The zero-order valence-corrected chi connectivity index (χ0v) is 19.5. The molecule has 0 fully saturated rings. The predicted octanol–water partition coefficient (Wildman–Crippen LogP) is 4.25.